The van der Waals surface area contributed by atoms with Crippen LogP contribution in [0.15, 0.2) is 30.5 Å². The Morgan fingerprint density at radius 1 is 0.800 bits per heavy atom. The number of nitrogens with zero attached hydrogens (tertiary/aromatic N) is 2. The fourth-order valence-electron chi connectivity index (χ4n) is 16.3. The molecule has 0 radical (unpaired) electrons. The molecule has 9 heteroatoms. The summed E-state index contributed by atoms with van der Waals surface area (Å²) in [6.07, 6.45) is 17.6. The Labute approximate surface area is 360 Å². The van der Waals surface area contributed by atoms with Gasteiger partial charge in [0.15, 0.2) is 0 Å². The van der Waals surface area contributed by atoms with E-state index >= 15 is 4.79 Å². The third kappa shape index (κ3) is 6.41. The van der Waals surface area contributed by atoms with Gasteiger partial charge in [0.2, 0.25) is 5.91 Å². The SMILES string of the molecule is COCCOc1ccc(C2=CN(C)C(C3CCCN3C(=O)C34CCCC3C3CCC5C6(C)CCC(OC(=O)C7CC(C(C)=O)C7C)C(C)C6CCC5(C)[C@]3(C)CC4)N2)cc1. The lowest BCUT2D eigenvalue weighted by Gasteiger charge is -2.71. The lowest BCUT2D eigenvalue weighted by Crippen LogP contribution is -2.66. The minimum atomic E-state index is -0.234. The van der Waals surface area contributed by atoms with Gasteiger partial charge in [-0.05, 0) is 172 Å². The summed E-state index contributed by atoms with van der Waals surface area (Å²) in [5.74, 6) is 3.99. The smallest absolute Gasteiger partial charge is 0.309 e. The van der Waals surface area contributed by atoms with E-state index < -0.39 is 0 Å². The average Bonchev–Trinajstić information content (AvgIpc) is 3.98. The molecule has 7 fully saturated rings. The van der Waals surface area contributed by atoms with Gasteiger partial charge in [0.25, 0.3) is 0 Å². The number of methoxy groups -OCH3 is 1. The fraction of sp³-hybridized carbons (Fsp3) is 0.784. The van der Waals surface area contributed by atoms with Crippen molar-refractivity contribution in [3.63, 3.8) is 0 Å². The Kier molecular flexibility index (Phi) is 11.0. The van der Waals surface area contributed by atoms with E-state index in [4.69, 9.17) is 14.2 Å². The summed E-state index contributed by atoms with van der Waals surface area (Å²) >= 11 is 0. The zero-order valence-corrected chi connectivity index (χ0v) is 38.1. The molecule has 1 N–H and O–H groups in total. The third-order valence-electron chi connectivity index (χ3n) is 19.9. The fourth-order valence-corrected chi connectivity index (χ4v) is 16.3. The van der Waals surface area contributed by atoms with E-state index in [1.165, 1.54) is 38.5 Å². The number of amides is 1. The summed E-state index contributed by atoms with van der Waals surface area (Å²) in [5, 5.41) is 3.86. The Bertz CT molecular complexity index is 1850. The highest BCUT2D eigenvalue weighted by Gasteiger charge is 2.70. The number of Topliss-reactive ketones (excluding diaryl/α,β-unsaturated/α-hetero) is 1. The van der Waals surface area contributed by atoms with Crippen molar-refractivity contribution in [1.29, 1.82) is 0 Å². The van der Waals surface area contributed by atoms with E-state index in [1.807, 2.05) is 19.1 Å². The first-order valence-electron chi connectivity index (χ1n) is 24.1. The molecule has 2 heterocycles. The number of hydrogen-bond donors (Lipinski definition) is 1. The van der Waals surface area contributed by atoms with E-state index in [0.717, 1.165) is 68.5 Å². The summed E-state index contributed by atoms with van der Waals surface area (Å²) < 4.78 is 17.3. The number of fused-ring (bicyclic) bond motifs is 7. The van der Waals surface area contributed by atoms with Crippen LogP contribution in [0.25, 0.3) is 5.70 Å². The first kappa shape index (κ1) is 42.2. The molecule has 1 amide bonds. The number of hydrogen-bond acceptors (Lipinski definition) is 8. The molecule has 15 atom stereocenters. The number of carbonyl (C=O) groups is 3. The Morgan fingerprint density at radius 2 is 1.58 bits per heavy atom. The highest BCUT2D eigenvalue weighted by atomic mass is 16.5. The summed E-state index contributed by atoms with van der Waals surface area (Å²) in [6, 6.07) is 8.42. The average molecular weight is 826 g/mol. The van der Waals surface area contributed by atoms with Crippen molar-refractivity contribution in [2.75, 3.05) is 33.9 Å². The monoisotopic (exact) mass is 826 g/mol. The van der Waals surface area contributed by atoms with Gasteiger partial charge in [0.05, 0.1) is 29.7 Å². The molecule has 60 heavy (non-hydrogen) atoms. The lowest BCUT2D eigenvalue weighted by atomic mass is 9.33. The number of likely N-dealkylation sites (tertiary alicyclic amines) is 1. The molecule has 1 aromatic carbocycles. The standard InChI is InChI=1S/C51H75N3O6/c1-31-36(33(3)55)29-37(31)46(56)60-43-20-22-48(4)38(32(43)2)19-23-50(6)44(48)18-17-39-40-11-9-21-51(40,25-24-49(39,50)5)47(57)54-26-10-12-42(54)45-52-41(30-53(45)7)34-13-15-35(16-14-34)59-28-27-58-8/h13-16,30-32,36-40,42-45,52H,9-12,17-29H2,1-8H3/t31?,32?,36?,37?,38?,39?,40?,42?,43?,44?,45?,48?,49-,50?,51?/m1/s1. The predicted octanol–water partition coefficient (Wildman–Crippen LogP) is 9.10. The molecule has 9 nitrogen and oxygen atoms in total. The van der Waals surface area contributed by atoms with Gasteiger partial charge in [-0.25, -0.2) is 0 Å². The van der Waals surface area contributed by atoms with Crippen molar-refractivity contribution in [2.45, 2.75) is 150 Å². The van der Waals surface area contributed by atoms with Crippen molar-refractivity contribution < 1.29 is 28.6 Å². The number of rotatable bonds is 10. The molecule has 14 unspecified atom stereocenters. The quantitative estimate of drug-likeness (QED) is 0.185. The number of nitrogens with one attached hydrogen (secondary N) is 1. The lowest BCUT2D eigenvalue weighted by molar-refractivity contribution is -0.236. The summed E-state index contributed by atoms with van der Waals surface area (Å²) in [6.45, 7) is 16.0. The highest BCUT2D eigenvalue weighted by Crippen LogP contribution is 2.76. The zero-order valence-electron chi connectivity index (χ0n) is 38.1. The van der Waals surface area contributed by atoms with Crippen LogP contribution in [0.4, 0.5) is 0 Å². The second-order valence-electron chi connectivity index (χ2n) is 22.0. The topological polar surface area (TPSA) is 97.4 Å². The van der Waals surface area contributed by atoms with Gasteiger partial charge in [-0.2, -0.15) is 0 Å². The molecule has 6 aliphatic carbocycles. The maximum Gasteiger partial charge on any atom is 0.309 e. The van der Waals surface area contributed by atoms with Gasteiger partial charge >= 0.3 is 5.97 Å². The summed E-state index contributed by atoms with van der Waals surface area (Å²) in [7, 11) is 3.84. The normalized spacial score (nSPS) is 44.3. The molecule has 1 aromatic rings. The second kappa shape index (κ2) is 15.6. The molecule has 1 saturated heterocycles. The van der Waals surface area contributed by atoms with Gasteiger partial charge in [-0.3, -0.25) is 14.4 Å². The largest absolute Gasteiger partial charge is 0.491 e. The number of carbonyl (C=O) groups excluding carboxylic acids is 3. The van der Waals surface area contributed by atoms with Crippen molar-refractivity contribution in [2.24, 2.45) is 69.0 Å². The first-order chi connectivity index (χ1) is 28.7. The molecule has 0 spiro atoms. The van der Waals surface area contributed by atoms with Crippen LogP contribution in [0.2, 0.25) is 0 Å². The number of benzene rings is 1. The van der Waals surface area contributed by atoms with Crippen molar-refractivity contribution >= 4 is 23.4 Å². The van der Waals surface area contributed by atoms with Crippen molar-refractivity contribution in [3.05, 3.63) is 36.0 Å². The first-order valence-corrected chi connectivity index (χ1v) is 24.1. The van der Waals surface area contributed by atoms with Gasteiger partial charge in [0, 0.05) is 32.8 Å². The highest BCUT2D eigenvalue weighted by molar-refractivity contribution is 5.85. The maximum absolute atomic E-state index is 15.4. The number of ketones is 1. The Hall–Kier alpha value is -3.07. The summed E-state index contributed by atoms with van der Waals surface area (Å²) in [5.41, 5.74) is 2.66. The molecule has 9 rings (SSSR count). The molecule has 0 aromatic heterocycles. The van der Waals surface area contributed by atoms with Crippen LogP contribution in [0.1, 0.15) is 137 Å². The second-order valence-corrected chi connectivity index (χ2v) is 22.0. The van der Waals surface area contributed by atoms with Gasteiger partial charge in [-0.1, -0.05) is 41.0 Å². The number of likely N-dealkylation sites (N-methyl/N-ethyl adjacent to an activating group) is 1. The molecular formula is C51H75N3O6. The van der Waals surface area contributed by atoms with Crippen LogP contribution in [0.3, 0.4) is 0 Å². The molecule has 2 aliphatic heterocycles. The maximum atomic E-state index is 15.4. The van der Waals surface area contributed by atoms with Crippen LogP contribution in [-0.4, -0.2) is 79.7 Å². The van der Waals surface area contributed by atoms with E-state index in [0.29, 0.717) is 55.1 Å². The minimum Gasteiger partial charge on any atom is -0.491 e. The van der Waals surface area contributed by atoms with Crippen LogP contribution in [0, 0.1) is 69.0 Å². The minimum absolute atomic E-state index is 0.0112. The van der Waals surface area contributed by atoms with E-state index in [9.17, 15) is 9.59 Å². The molecule has 0 bridgehead atoms. The van der Waals surface area contributed by atoms with Crippen molar-refractivity contribution in [1.82, 2.24) is 15.1 Å². The zero-order chi connectivity index (χ0) is 42.4. The van der Waals surface area contributed by atoms with Gasteiger partial charge in [-0.15, -0.1) is 0 Å². The molecule has 330 valence electrons. The van der Waals surface area contributed by atoms with Crippen LogP contribution >= 0.6 is 0 Å². The number of ether oxygens (including phenoxy) is 3. The van der Waals surface area contributed by atoms with Crippen LogP contribution < -0.4 is 10.1 Å². The van der Waals surface area contributed by atoms with Gasteiger partial charge < -0.3 is 29.3 Å². The Morgan fingerprint density at radius 3 is 2.32 bits per heavy atom. The van der Waals surface area contributed by atoms with E-state index in [1.54, 1.807) is 14.0 Å². The van der Waals surface area contributed by atoms with E-state index in [2.05, 4.69) is 68.2 Å². The number of esters is 1. The van der Waals surface area contributed by atoms with Crippen LogP contribution in [-0.2, 0) is 23.9 Å². The predicted molar refractivity (Wildman–Crippen MR) is 233 cm³/mol. The molecular weight excluding hydrogens is 751 g/mol. The summed E-state index contributed by atoms with van der Waals surface area (Å²) in [4.78, 5) is 45.5. The van der Waals surface area contributed by atoms with E-state index in [-0.39, 0.29) is 69.5 Å². The van der Waals surface area contributed by atoms with Crippen LogP contribution in [0.5, 0.6) is 5.75 Å². The molecule has 8 aliphatic rings. The van der Waals surface area contributed by atoms with Crippen molar-refractivity contribution in [3.8, 4) is 5.75 Å². The molecule has 6 saturated carbocycles. The Balaban J connectivity index is 0.876. The third-order valence-corrected chi connectivity index (χ3v) is 19.9. The van der Waals surface area contributed by atoms with Gasteiger partial charge in [0.1, 0.15) is 30.4 Å².